The first-order valence-corrected chi connectivity index (χ1v) is 7.24. The molecule has 3 nitrogen and oxygen atoms in total. The summed E-state index contributed by atoms with van der Waals surface area (Å²) in [6.07, 6.45) is 1.70. The zero-order valence-electron chi connectivity index (χ0n) is 13.2. The minimum atomic E-state index is 0.155. The van der Waals surface area contributed by atoms with E-state index in [4.69, 9.17) is 10.1 Å². The fraction of sp³-hybridized carbons (Fsp3) is 0.263. The summed E-state index contributed by atoms with van der Waals surface area (Å²) < 4.78 is 0. The third-order valence-corrected chi connectivity index (χ3v) is 3.37. The number of hydrogen-bond donors (Lipinski definition) is 0. The SMILES string of the molecule is CC(C)(C)c1ccc(/C=N/OCc2ccc(C#N)cc2)cc1. The zero-order valence-corrected chi connectivity index (χ0v) is 13.2. The molecule has 0 heterocycles. The molecule has 0 aliphatic carbocycles. The van der Waals surface area contributed by atoms with E-state index in [9.17, 15) is 0 Å². The molecule has 3 heteroatoms. The predicted molar refractivity (Wildman–Crippen MR) is 88.7 cm³/mol. The highest BCUT2D eigenvalue weighted by Crippen LogP contribution is 2.21. The van der Waals surface area contributed by atoms with Crippen molar-refractivity contribution in [2.24, 2.45) is 5.16 Å². The quantitative estimate of drug-likeness (QED) is 0.619. The summed E-state index contributed by atoms with van der Waals surface area (Å²) in [4.78, 5) is 5.28. The lowest BCUT2D eigenvalue weighted by molar-refractivity contribution is 0.132. The lowest BCUT2D eigenvalue weighted by Gasteiger charge is -2.18. The van der Waals surface area contributed by atoms with E-state index >= 15 is 0 Å². The molecule has 0 N–H and O–H groups in total. The van der Waals surface area contributed by atoms with Crippen molar-refractivity contribution in [1.82, 2.24) is 0 Å². The van der Waals surface area contributed by atoms with E-state index in [1.165, 1.54) is 5.56 Å². The topological polar surface area (TPSA) is 45.4 Å². The van der Waals surface area contributed by atoms with Gasteiger partial charge in [0.05, 0.1) is 17.8 Å². The highest BCUT2D eigenvalue weighted by atomic mass is 16.6. The second-order valence-electron chi connectivity index (χ2n) is 6.19. The van der Waals surface area contributed by atoms with Crippen molar-refractivity contribution in [2.45, 2.75) is 32.8 Å². The molecule has 0 atom stereocenters. The number of rotatable bonds is 4. The third kappa shape index (κ3) is 4.46. The van der Waals surface area contributed by atoms with E-state index in [1.807, 2.05) is 24.3 Å². The summed E-state index contributed by atoms with van der Waals surface area (Å²) in [6.45, 7) is 6.96. The van der Waals surface area contributed by atoms with E-state index in [2.05, 4.69) is 44.1 Å². The van der Waals surface area contributed by atoms with Gasteiger partial charge in [0.2, 0.25) is 0 Å². The van der Waals surface area contributed by atoms with E-state index in [-0.39, 0.29) is 5.41 Å². The number of nitriles is 1. The zero-order chi connectivity index (χ0) is 16.0. The van der Waals surface area contributed by atoms with Crippen LogP contribution < -0.4 is 0 Å². The Bertz CT molecular complexity index is 671. The van der Waals surface area contributed by atoms with E-state index in [1.54, 1.807) is 18.3 Å². The number of nitrogens with zero attached hydrogens (tertiary/aromatic N) is 2. The van der Waals surface area contributed by atoms with Crippen LogP contribution in [-0.4, -0.2) is 6.21 Å². The van der Waals surface area contributed by atoms with E-state index in [0.717, 1.165) is 11.1 Å². The van der Waals surface area contributed by atoms with Crippen LogP contribution in [0, 0.1) is 11.3 Å². The summed E-state index contributed by atoms with van der Waals surface area (Å²) in [5.74, 6) is 0. The van der Waals surface area contributed by atoms with Gasteiger partial charge in [0, 0.05) is 0 Å². The molecule has 0 spiro atoms. The molecular formula is C19H20N2O. The molecule has 0 aliphatic heterocycles. The van der Waals surface area contributed by atoms with Crippen molar-refractivity contribution in [1.29, 1.82) is 5.26 Å². The molecule has 0 radical (unpaired) electrons. The molecule has 0 aromatic heterocycles. The molecule has 2 aromatic carbocycles. The summed E-state index contributed by atoms with van der Waals surface area (Å²) >= 11 is 0. The second kappa shape index (κ2) is 6.91. The Morgan fingerprint density at radius 2 is 1.68 bits per heavy atom. The fourth-order valence-corrected chi connectivity index (χ4v) is 1.95. The average molecular weight is 292 g/mol. The Hall–Kier alpha value is -2.60. The van der Waals surface area contributed by atoms with Crippen LogP contribution in [0.15, 0.2) is 53.7 Å². The maximum atomic E-state index is 8.73. The van der Waals surface area contributed by atoms with Crippen LogP contribution in [0.2, 0.25) is 0 Å². The summed E-state index contributed by atoms with van der Waals surface area (Å²) in [6, 6.07) is 17.7. The normalized spacial score (nSPS) is 11.4. The molecule has 2 aromatic rings. The molecule has 22 heavy (non-hydrogen) atoms. The van der Waals surface area contributed by atoms with Gasteiger partial charge in [-0.05, 0) is 34.2 Å². The first kappa shape index (κ1) is 15.8. The van der Waals surface area contributed by atoms with Gasteiger partial charge >= 0.3 is 0 Å². The van der Waals surface area contributed by atoms with Gasteiger partial charge in [0.15, 0.2) is 0 Å². The lowest BCUT2D eigenvalue weighted by Crippen LogP contribution is -2.10. The highest BCUT2D eigenvalue weighted by molar-refractivity contribution is 5.79. The van der Waals surface area contributed by atoms with Gasteiger partial charge in [-0.2, -0.15) is 5.26 Å². The van der Waals surface area contributed by atoms with Crippen LogP contribution in [0.5, 0.6) is 0 Å². The van der Waals surface area contributed by atoms with E-state index in [0.29, 0.717) is 12.2 Å². The van der Waals surface area contributed by atoms with Crippen molar-refractivity contribution in [3.05, 3.63) is 70.8 Å². The Kier molecular flexibility index (Phi) is 4.95. The van der Waals surface area contributed by atoms with Crippen molar-refractivity contribution < 1.29 is 4.84 Å². The minimum absolute atomic E-state index is 0.155. The van der Waals surface area contributed by atoms with Crippen LogP contribution in [-0.2, 0) is 16.9 Å². The van der Waals surface area contributed by atoms with Crippen LogP contribution in [0.4, 0.5) is 0 Å². The molecule has 0 saturated carbocycles. The molecular weight excluding hydrogens is 272 g/mol. The third-order valence-electron chi connectivity index (χ3n) is 3.37. The maximum absolute atomic E-state index is 8.73. The first-order valence-electron chi connectivity index (χ1n) is 7.24. The van der Waals surface area contributed by atoms with Gasteiger partial charge in [-0.15, -0.1) is 0 Å². The van der Waals surface area contributed by atoms with Crippen LogP contribution in [0.1, 0.15) is 43.0 Å². The van der Waals surface area contributed by atoms with Gasteiger partial charge in [-0.1, -0.05) is 62.3 Å². The first-order chi connectivity index (χ1) is 10.5. The second-order valence-corrected chi connectivity index (χ2v) is 6.19. The molecule has 0 amide bonds. The maximum Gasteiger partial charge on any atom is 0.142 e. The Morgan fingerprint density at radius 3 is 2.23 bits per heavy atom. The van der Waals surface area contributed by atoms with Crippen molar-refractivity contribution in [2.75, 3.05) is 0 Å². The Labute approximate surface area is 131 Å². The molecule has 0 bridgehead atoms. The molecule has 112 valence electrons. The van der Waals surface area contributed by atoms with Gasteiger partial charge in [0.25, 0.3) is 0 Å². The lowest BCUT2D eigenvalue weighted by atomic mass is 9.87. The molecule has 0 unspecified atom stereocenters. The minimum Gasteiger partial charge on any atom is -0.391 e. The standard InChI is InChI=1S/C19H20N2O/c1-19(2,3)18-10-8-16(9-11-18)13-21-22-14-17-6-4-15(12-20)5-7-17/h4-11,13H,14H2,1-3H3/b21-13+. The number of oxime groups is 1. The molecule has 0 aliphatic rings. The molecule has 0 saturated heterocycles. The highest BCUT2D eigenvalue weighted by Gasteiger charge is 2.12. The van der Waals surface area contributed by atoms with Crippen molar-refractivity contribution in [3.63, 3.8) is 0 Å². The van der Waals surface area contributed by atoms with Crippen molar-refractivity contribution in [3.8, 4) is 6.07 Å². The summed E-state index contributed by atoms with van der Waals surface area (Å²) in [7, 11) is 0. The van der Waals surface area contributed by atoms with Crippen molar-refractivity contribution >= 4 is 6.21 Å². The average Bonchev–Trinajstić information content (AvgIpc) is 2.52. The Balaban J connectivity index is 1.88. The summed E-state index contributed by atoms with van der Waals surface area (Å²) in [5, 5.41) is 12.7. The monoisotopic (exact) mass is 292 g/mol. The Morgan fingerprint density at radius 1 is 1.05 bits per heavy atom. The summed E-state index contributed by atoms with van der Waals surface area (Å²) in [5.41, 5.74) is 4.09. The molecule has 0 fully saturated rings. The molecule has 2 rings (SSSR count). The van der Waals surface area contributed by atoms with Crippen LogP contribution in [0.3, 0.4) is 0 Å². The van der Waals surface area contributed by atoms with Crippen LogP contribution in [0.25, 0.3) is 0 Å². The predicted octanol–water partition coefficient (Wildman–Crippen LogP) is 4.41. The van der Waals surface area contributed by atoms with Gasteiger partial charge in [-0.25, -0.2) is 0 Å². The van der Waals surface area contributed by atoms with E-state index < -0.39 is 0 Å². The number of benzene rings is 2. The van der Waals surface area contributed by atoms with Gasteiger partial charge in [0.1, 0.15) is 6.61 Å². The largest absolute Gasteiger partial charge is 0.391 e. The van der Waals surface area contributed by atoms with Gasteiger partial charge in [-0.3, -0.25) is 0 Å². The number of hydrogen-bond acceptors (Lipinski definition) is 3. The fourth-order valence-electron chi connectivity index (χ4n) is 1.95. The van der Waals surface area contributed by atoms with Crippen LogP contribution >= 0.6 is 0 Å². The van der Waals surface area contributed by atoms with Gasteiger partial charge < -0.3 is 4.84 Å². The smallest absolute Gasteiger partial charge is 0.142 e.